The van der Waals surface area contributed by atoms with E-state index in [9.17, 15) is 19.5 Å². The van der Waals surface area contributed by atoms with E-state index in [-0.39, 0.29) is 24.6 Å². The summed E-state index contributed by atoms with van der Waals surface area (Å²) in [7, 11) is 0. The number of aryl methyl sites for hydroxylation is 1. The van der Waals surface area contributed by atoms with Crippen LogP contribution in [-0.4, -0.2) is 52.6 Å². The number of likely N-dealkylation sites (N-methyl/N-ethyl adjacent to an activating group) is 1. The normalized spacial score (nSPS) is 12.8. The highest BCUT2D eigenvalue weighted by atomic mass is 16.6. The minimum atomic E-state index is -0.995. The number of aromatic hydroxyl groups is 1. The van der Waals surface area contributed by atoms with Gasteiger partial charge in [0, 0.05) is 19.5 Å². The minimum Gasteiger partial charge on any atom is -0.508 e. The van der Waals surface area contributed by atoms with Crippen LogP contribution >= 0.6 is 0 Å². The Bertz CT molecular complexity index is 1090. The van der Waals surface area contributed by atoms with Crippen molar-refractivity contribution < 1.29 is 24.2 Å². The lowest BCUT2D eigenvalue weighted by atomic mass is 9.94. The molecular weight excluding hydrogens is 482 g/mol. The summed E-state index contributed by atoms with van der Waals surface area (Å²) in [6.45, 7) is 13.8. The first-order valence-corrected chi connectivity index (χ1v) is 13.3. The Morgan fingerprint density at radius 1 is 1.03 bits per heavy atom. The molecule has 0 spiro atoms. The van der Waals surface area contributed by atoms with Crippen molar-refractivity contribution in [3.63, 3.8) is 0 Å². The summed E-state index contributed by atoms with van der Waals surface area (Å²) < 4.78 is 5.44. The Morgan fingerprint density at radius 3 is 2.26 bits per heavy atom. The van der Waals surface area contributed by atoms with Crippen molar-refractivity contribution in [2.45, 2.75) is 85.4 Å². The molecule has 2 atom stereocenters. The third-order valence-electron chi connectivity index (χ3n) is 6.32. The summed E-state index contributed by atoms with van der Waals surface area (Å²) in [5, 5.41) is 15.4. The highest BCUT2D eigenvalue weighted by Crippen LogP contribution is 2.27. The van der Waals surface area contributed by atoms with Gasteiger partial charge < -0.3 is 25.4 Å². The number of benzene rings is 2. The molecular formula is C30H43N3O5. The lowest BCUT2D eigenvalue weighted by Crippen LogP contribution is -2.54. The molecule has 0 radical (unpaired) electrons. The topological polar surface area (TPSA) is 108 Å². The van der Waals surface area contributed by atoms with Gasteiger partial charge in [0.05, 0.1) is 0 Å². The fraction of sp³-hybridized carbons (Fsp3) is 0.500. The van der Waals surface area contributed by atoms with E-state index in [1.807, 2.05) is 45.9 Å². The number of phenols is 1. The fourth-order valence-corrected chi connectivity index (χ4v) is 4.19. The van der Waals surface area contributed by atoms with Gasteiger partial charge in [-0.15, -0.1) is 0 Å². The van der Waals surface area contributed by atoms with Gasteiger partial charge in [-0.3, -0.25) is 9.59 Å². The molecule has 8 nitrogen and oxygen atoms in total. The predicted molar refractivity (Wildman–Crippen MR) is 149 cm³/mol. The molecule has 0 saturated carbocycles. The van der Waals surface area contributed by atoms with Crippen LogP contribution in [0.5, 0.6) is 5.75 Å². The van der Waals surface area contributed by atoms with E-state index in [0.717, 1.165) is 35.1 Å². The van der Waals surface area contributed by atoms with Crippen LogP contribution in [0.4, 0.5) is 4.79 Å². The molecule has 8 heteroatoms. The third kappa shape index (κ3) is 8.78. The average Bonchev–Trinajstić information content (AvgIpc) is 2.84. The molecule has 0 aliphatic heterocycles. The van der Waals surface area contributed by atoms with Crippen LogP contribution in [-0.2, 0) is 20.7 Å². The zero-order valence-corrected chi connectivity index (χ0v) is 23.8. The molecule has 3 N–H and O–H groups in total. The van der Waals surface area contributed by atoms with E-state index in [4.69, 9.17) is 4.74 Å². The molecule has 2 rings (SSSR count). The lowest BCUT2D eigenvalue weighted by molar-refractivity contribution is -0.142. The number of rotatable bonds is 11. The first-order chi connectivity index (χ1) is 17.9. The molecule has 0 bridgehead atoms. The van der Waals surface area contributed by atoms with Crippen molar-refractivity contribution in [3.8, 4) is 5.75 Å². The van der Waals surface area contributed by atoms with Gasteiger partial charge in [-0.2, -0.15) is 0 Å². The Kier molecular flexibility index (Phi) is 11.2. The predicted octanol–water partition coefficient (Wildman–Crippen LogP) is 4.95. The molecule has 208 valence electrons. The molecule has 0 aliphatic carbocycles. The van der Waals surface area contributed by atoms with Crippen LogP contribution in [0.15, 0.2) is 42.5 Å². The third-order valence-corrected chi connectivity index (χ3v) is 6.32. The average molecular weight is 526 g/mol. The van der Waals surface area contributed by atoms with E-state index in [1.165, 1.54) is 17.0 Å². The number of amides is 3. The zero-order valence-electron chi connectivity index (χ0n) is 23.8. The Morgan fingerprint density at radius 2 is 1.68 bits per heavy atom. The number of carbonyl (C=O) groups is 3. The van der Waals surface area contributed by atoms with Gasteiger partial charge in [-0.1, -0.05) is 43.7 Å². The largest absolute Gasteiger partial charge is 0.508 e. The van der Waals surface area contributed by atoms with Crippen LogP contribution in [0.3, 0.4) is 0 Å². The number of hydrogen-bond acceptors (Lipinski definition) is 5. The zero-order chi connectivity index (χ0) is 28.5. The molecule has 2 aromatic carbocycles. The van der Waals surface area contributed by atoms with Gasteiger partial charge in [0.2, 0.25) is 11.8 Å². The maximum atomic E-state index is 14.1. The van der Waals surface area contributed by atoms with Gasteiger partial charge in [-0.25, -0.2) is 4.79 Å². The Labute approximate surface area is 226 Å². The smallest absolute Gasteiger partial charge is 0.408 e. The Hall–Kier alpha value is -3.55. The van der Waals surface area contributed by atoms with Crippen LogP contribution in [0.2, 0.25) is 0 Å². The summed E-state index contributed by atoms with van der Waals surface area (Å²) in [6, 6.07) is 10.3. The number of phenolic OH excluding ortho intramolecular Hbond substituents is 1. The summed E-state index contributed by atoms with van der Waals surface area (Å²) in [4.78, 5) is 42.0. The molecule has 0 heterocycles. The summed E-state index contributed by atoms with van der Waals surface area (Å²) in [5.74, 6) is -0.559. The van der Waals surface area contributed by atoms with E-state index in [0.29, 0.717) is 6.54 Å². The quantitative estimate of drug-likeness (QED) is 0.360. The maximum absolute atomic E-state index is 14.1. The Balaban J connectivity index is 2.50. The number of carbonyl (C=O) groups excluding carboxylic acids is 3. The molecule has 38 heavy (non-hydrogen) atoms. The molecule has 0 aromatic heterocycles. The van der Waals surface area contributed by atoms with E-state index in [1.54, 1.807) is 32.9 Å². The second kappa shape index (κ2) is 13.8. The number of ether oxygens (including phenoxy) is 1. The van der Waals surface area contributed by atoms with Crippen LogP contribution in [0.25, 0.3) is 0 Å². The second-order valence-corrected chi connectivity index (χ2v) is 10.5. The summed E-state index contributed by atoms with van der Waals surface area (Å²) in [5.41, 5.74) is 2.69. The van der Waals surface area contributed by atoms with Crippen LogP contribution in [0, 0.1) is 13.8 Å². The lowest BCUT2D eigenvalue weighted by Gasteiger charge is -2.34. The van der Waals surface area contributed by atoms with Gasteiger partial charge in [0.1, 0.15) is 23.4 Å². The molecule has 2 unspecified atom stereocenters. The van der Waals surface area contributed by atoms with E-state index >= 15 is 0 Å². The first kappa shape index (κ1) is 30.7. The molecule has 3 amide bonds. The summed E-state index contributed by atoms with van der Waals surface area (Å²) >= 11 is 0. The van der Waals surface area contributed by atoms with Gasteiger partial charge in [-0.05, 0) is 82.3 Å². The minimum absolute atomic E-state index is 0.102. The van der Waals surface area contributed by atoms with Crippen molar-refractivity contribution in [2.24, 2.45) is 0 Å². The van der Waals surface area contributed by atoms with Gasteiger partial charge in [0.25, 0.3) is 0 Å². The highest BCUT2D eigenvalue weighted by molar-refractivity contribution is 5.92. The maximum Gasteiger partial charge on any atom is 0.408 e. The number of unbranched alkanes of at least 4 members (excludes halogenated alkanes) is 1. The molecule has 0 saturated heterocycles. The SMILES string of the molecule is CCCCNC(=O)C(c1cccc(C)c1C)N(CC)C(=O)C(Cc1ccc(O)cc1)NC(=O)OC(C)(C)C. The standard InChI is InChI=1S/C30H43N3O5/c1-8-10-18-31-27(35)26(24-13-11-12-20(3)21(24)4)33(9-2)28(36)25(32-29(37)38-30(5,6)7)19-22-14-16-23(34)17-15-22/h11-17,25-26,34H,8-10,18-19H2,1-7H3,(H,31,35)(H,32,37). The van der Waals surface area contributed by atoms with Crippen molar-refractivity contribution in [1.82, 2.24) is 15.5 Å². The van der Waals surface area contributed by atoms with E-state index in [2.05, 4.69) is 10.6 Å². The van der Waals surface area contributed by atoms with Crippen molar-refractivity contribution in [3.05, 3.63) is 64.7 Å². The van der Waals surface area contributed by atoms with Gasteiger partial charge >= 0.3 is 6.09 Å². The molecule has 0 aliphatic rings. The van der Waals surface area contributed by atoms with Crippen molar-refractivity contribution in [2.75, 3.05) is 13.1 Å². The number of nitrogens with zero attached hydrogens (tertiary/aromatic N) is 1. The monoisotopic (exact) mass is 525 g/mol. The molecule has 0 fully saturated rings. The van der Waals surface area contributed by atoms with Gasteiger partial charge in [0.15, 0.2) is 0 Å². The second-order valence-electron chi connectivity index (χ2n) is 10.5. The van der Waals surface area contributed by atoms with Crippen LogP contribution < -0.4 is 10.6 Å². The fourth-order valence-electron chi connectivity index (χ4n) is 4.19. The van der Waals surface area contributed by atoms with Crippen LogP contribution in [0.1, 0.15) is 75.8 Å². The number of hydrogen-bond donors (Lipinski definition) is 3. The highest BCUT2D eigenvalue weighted by Gasteiger charge is 2.36. The molecule has 2 aromatic rings. The van der Waals surface area contributed by atoms with E-state index < -0.39 is 29.7 Å². The van der Waals surface area contributed by atoms with Crippen molar-refractivity contribution in [1.29, 1.82) is 0 Å². The number of nitrogens with one attached hydrogen (secondary N) is 2. The van der Waals surface area contributed by atoms with Crippen molar-refractivity contribution >= 4 is 17.9 Å². The number of alkyl carbamates (subject to hydrolysis) is 1. The summed E-state index contributed by atoms with van der Waals surface area (Å²) in [6.07, 6.45) is 1.20. The first-order valence-electron chi connectivity index (χ1n) is 13.3.